The molecule has 1 fully saturated rings. The van der Waals surface area contributed by atoms with Gasteiger partial charge in [-0.3, -0.25) is 4.90 Å². The fourth-order valence-corrected chi connectivity index (χ4v) is 4.79. The van der Waals surface area contributed by atoms with Crippen LogP contribution in [0.3, 0.4) is 0 Å². The van der Waals surface area contributed by atoms with Gasteiger partial charge in [-0.2, -0.15) is 0 Å². The summed E-state index contributed by atoms with van der Waals surface area (Å²) >= 11 is 0. The van der Waals surface area contributed by atoms with Gasteiger partial charge in [0.05, 0.1) is 11.2 Å². The van der Waals surface area contributed by atoms with Crippen LogP contribution < -0.4 is 10.2 Å². The molecule has 1 saturated heterocycles. The zero-order valence-electron chi connectivity index (χ0n) is 20.7. The highest BCUT2D eigenvalue weighted by Crippen LogP contribution is 2.38. The molecule has 0 aromatic heterocycles. The van der Waals surface area contributed by atoms with Crippen molar-refractivity contribution in [3.8, 4) is 5.75 Å². The summed E-state index contributed by atoms with van der Waals surface area (Å²) in [6, 6.07) is 27.9. The van der Waals surface area contributed by atoms with Gasteiger partial charge in [-0.05, 0) is 62.3 Å². The third-order valence-electron chi connectivity index (χ3n) is 7.52. The van der Waals surface area contributed by atoms with Crippen molar-refractivity contribution in [1.29, 1.82) is 0 Å². The van der Waals surface area contributed by atoms with Crippen LogP contribution in [0.2, 0.25) is 0 Å². The Hall–Kier alpha value is -2.60. The number of ether oxygens (including phenoxy) is 1. The third-order valence-corrected chi connectivity index (χ3v) is 7.52. The molecule has 5 rings (SSSR count). The molecule has 0 saturated carbocycles. The Morgan fingerprint density at radius 2 is 1.32 bits per heavy atom. The van der Waals surface area contributed by atoms with Gasteiger partial charge in [0, 0.05) is 19.1 Å². The first-order valence-electron chi connectivity index (χ1n) is 12.2. The topological polar surface area (TPSA) is 30.9 Å². The zero-order chi connectivity index (χ0) is 23.8. The van der Waals surface area contributed by atoms with Crippen LogP contribution in [0.1, 0.15) is 44.4 Å². The van der Waals surface area contributed by atoms with Crippen LogP contribution in [-0.2, 0) is 28.8 Å². The van der Waals surface area contributed by atoms with Crippen molar-refractivity contribution in [3.63, 3.8) is 0 Å². The van der Waals surface area contributed by atoms with Crippen molar-refractivity contribution < 1.29 is 14.0 Å². The number of rotatable bonds is 6. The van der Waals surface area contributed by atoms with Gasteiger partial charge in [0.25, 0.3) is 0 Å². The third kappa shape index (κ3) is 4.65. The summed E-state index contributed by atoms with van der Waals surface area (Å²) in [5, 5.41) is 0. The molecule has 2 heterocycles. The number of hydrogen-bond donors (Lipinski definition) is 0. The molecule has 5 heteroatoms. The Labute approximate surface area is 204 Å². The molecule has 1 unspecified atom stereocenters. The van der Waals surface area contributed by atoms with Crippen LogP contribution in [0.5, 0.6) is 5.75 Å². The zero-order valence-corrected chi connectivity index (χ0v) is 20.7. The summed E-state index contributed by atoms with van der Waals surface area (Å²) in [5.41, 5.74) is 4.15. The molecule has 1 atom stereocenters. The molecule has 3 aromatic rings. The van der Waals surface area contributed by atoms with E-state index >= 15 is 0 Å². The number of nitrogens with zero attached hydrogens (tertiary/aromatic N) is 1. The summed E-state index contributed by atoms with van der Waals surface area (Å²) in [6.07, 6.45) is 0.898. The van der Waals surface area contributed by atoms with Gasteiger partial charge in [-0.15, -0.1) is 0 Å². The first kappa shape index (κ1) is 23.2. The number of fused-ring (bicyclic) bond motifs is 1. The molecule has 34 heavy (non-hydrogen) atoms. The predicted molar refractivity (Wildman–Crippen MR) is 137 cm³/mol. The maximum absolute atomic E-state index is 6.41. The minimum absolute atomic E-state index is 0.247. The van der Waals surface area contributed by atoms with Gasteiger partial charge in [0.2, 0.25) is 0 Å². The Kier molecular flexibility index (Phi) is 6.28. The molecular formula is C29H34BNO3. The van der Waals surface area contributed by atoms with E-state index in [4.69, 9.17) is 14.0 Å². The lowest BCUT2D eigenvalue weighted by molar-refractivity contribution is 0.00578. The van der Waals surface area contributed by atoms with E-state index < -0.39 is 0 Å². The summed E-state index contributed by atoms with van der Waals surface area (Å²) < 4.78 is 19.2. The summed E-state index contributed by atoms with van der Waals surface area (Å²) in [5.74, 6) is 0.947. The van der Waals surface area contributed by atoms with Crippen LogP contribution in [0, 0.1) is 0 Å². The molecule has 2 aliphatic rings. The number of hydrogen-bond acceptors (Lipinski definition) is 4. The maximum atomic E-state index is 6.41. The monoisotopic (exact) mass is 455 g/mol. The predicted octanol–water partition coefficient (Wildman–Crippen LogP) is 4.99. The average Bonchev–Trinajstić information content (AvgIpc) is 3.06. The molecule has 0 amide bonds. The number of benzene rings is 3. The fraction of sp³-hybridized carbons (Fsp3) is 0.379. The molecule has 0 radical (unpaired) electrons. The van der Waals surface area contributed by atoms with Crippen LogP contribution in [0.25, 0.3) is 0 Å². The van der Waals surface area contributed by atoms with E-state index in [0.717, 1.165) is 30.7 Å². The normalized spacial score (nSPS) is 20.7. The molecule has 3 aromatic carbocycles. The van der Waals surface area contributed by atoms with E-state index in [-0.39, 0.29) is 24.4 Å². The lowest BCUT2D eigenvalue weighted by Crippen LogP contribution is -2.46. The molecule has 4 nitrogen and oxygen atoms in total. The van der Waals surface area contributed by atoms with E-state index in [0.29, 0.717) is 6.61 Å². The largest absolute Gasteiger partial charge is 0.495 e. The van der Waals surface area contributed by atoms with Crippen molar-refractivity contribution in [2.24, 2.45) is 0 Å². The standard InChI is InChI=1S/C29H34BNO3/c1-28(2)29(3,4)34-30(33-28)26-16-11-17-27-25(26)18-24(21-32-27)31(19-22-12-7-5-8-13-22)20-23-14-9-6-10-15-23/h5-17,24H,18-21H2,1-4H3. The van der Waals surface area contributed by atoms with Crippen LogP contribution in [0.15, 0.2) is 78.9 Å². The van der Waals surface area contributed by atoms with Crippen molar-refractivity contribution >= 4 is 12.6 Å². The Bertz CT molecular complexity index is 1060. The minimum Gasteiger partial charge on any atom is -0.492 e. The minimum atomic E-state index is -0.390. The second-order valence-electron chi connectivity index (χ2n) is 10.5. The average molecular weight is 455 g/mol. The lowest BCUT2D eigenvalue weighted by atomic mass is 9.74. The van der Waals surface area contributed by atoms with Crippen molar-refractivity contribution in [3.05, 3.63) is 95.6 Å². The molecular weight excluding hydrogens is 421 g/mol. The highest BCUT2D eigenvalue weighted by molar-refractivity contribution is 6.62. The second-order valence-corrected chi connectivity index (χ2v) is 10.5. The highest BCUT2D eigenvalue weighted by Gasteiger charge is 2.52. The molecule has 0 N–H and O–H groups in total. The molecule has 0 spiro atoms. The Morgan fingerprint density at radius 3 is 1.88 bits per heavy atom. The molecule has 176 valence electrons. The highest BCUT2D eigenvalue weighted by atomic mass is 16.7. The van der Waals surface area contributed by atoms with Gasteiger partial charge in [0.1, 0.15) is 12.4 Å². The van der Waals surface area contributed by atoms with Gasteiger partial charge in [0.15, 0.2) is 0 Å². The van der Waals surface area contributed by atoms with Crippen molar-refractivity contribution in [2.45, 2.75) is 64.4 Å². The van der Waals surface area contributed by atoms with E-state index in [9.17, 15) is 0 Å². The second kappa shape index (κ2) is 9.22. The SMILES string of the molecule is CC1(C)OB(c2cccc3c2CC(N(Cc2ccccc2)Cc2ccccc2)CO3)OC1(C)C. The van der Waals surface area contributed by atoms with Crippen molar-refractivity contribution in [1.82, 2.24) is 4.90 Å². The van der Waals surface area contributed by atoms with Gasteiger partial charge < -0.3 is 14.0 Å². The Morgan fingerprint density at radius 1 is 0.765 bits per heavy atom. The van der Waals surface area contributed by atoms with E-state index in [1.807, 2.05) is 6.07 Å². The lowest BCUT2D eigenvalue weighted by Gasteiger charge is -2.36. The smallest absolute Gasteiger partial charge is 0.492 e. The quantitative estimate of drug-likeness (QED) is 0.490. The van der Waals surface area contributed by atoms with Gasteiger partial charge in [-0.25, -0.2) is 0 Å². The first-order chi connectivity index (χ1) is 16.3. The van der Waals surface area contributed by atoms with Crippen molar-refractivity contribution in [2.75, 3.05) is 6.61 Å². The Balaban J connectivity index is 1.43. The van der Waals surface area contributed by atoms with Crippen LogP contribution in [0.4, 0.5) is 0 Å². The van der Waals surface area contributed by atoms with Gasteiger partial charge >= 0.3 is 7.12 Å². The van der Waals surface area contributed by atoms with E-state index in [1.54, 1.807) is 0 Å². The summed E-state index contributed by atoms with van der Waals surface area (Å²) in [6.45, 7) is 10.8. The fourth-order valence-electron chi connectivity index (χ4n) is 4.79. The summed E-state index contributed by atoms with van der Waals surface area (Å²) in [4.78, 5) is 2.54. The molecule has 0 bridgehead atoms. The molecule has 2 aliphatic heterocycles. The summed E-state index contributed by atoms with van der Waals surface area (Å²) in [7, 11) is -0.390. The van der Waals surface area contributed by atoms with Crippen LogP contribution >= 0.6 is 0 Å². The van der Waals surface area contributed by atoms with E-state index in [1.165, 1.54) is 16.7 Å². The maximum Gasteiger partial charge on any atom is 0.495 e. The molecule has 0 aliphatic carbocycles. The van der Waals surface area contributed by atoms with Crippen LogP contribution in [-0.4, -0.2) is 35.9 Å². The first-order valence-corrected chi connectivity index (χ1v) is 12.2. The van der Waals surface area contributed by atoms with Gasteiger partial charge in [-0.1, -0.05) is 72.8 Å². The van der Waals surface area contributed by atoms with E-state index in [2.05, 4.69) is 105 Å².